The third-order valence-electron chi connectivity index (χ3n) is 3.58. The van der Waals surface area contributed by atoms with E-state index < -0.39 is 11.9 Å². The second-order valence-corrected chi connectivity index (χ2v) is 5.38. The van der Waals surface area contributed by atoms with E-state index in [1.807, 2.05) is 6.92 Å². The SMILES string of the molecule is CCCC(CNC(=O)N(C)CC1CC(O)C1)C(=O)O. The molecule has 0 saturated heterocycles. The summed E-state index contributed by atoms with van der Waals surface area (Å²) in [6.07, 6.45) is 2.61. The Morgan fingerprint density at radius 3 is 2.53 bits per heavy atom. The number of hydrogen-bond donors (Lipinski definition) is 3. The Bertz CT molecular complexity index is 316. The van der Waals surface area contributed by atoms with Gasteiger partial charge in [-0.05, 0) is 25.2 Å². The van der Waals surface area contributed by atoms with Crippen LogP contribution >= 0.6 is 0 Å². The molecule has 0 bridgehead atoms. The van der Waals surface area contributed by atoms with E-state index in [1.165, 1.54) is 0 Å². The predicted molar refractivity (Wildman–Crippen MR) is 70.8 cm³/mol. The van der Waals surface area contributed by atoms with E-state index >= 15 is 0 Å². The van der Waals surface area contributed by atoms with Gasteiger partial charge in [-0.1, -0.05) is 13.3 Å². The molecule has 3 N–H and O–H groups in total. The zero-order valence-electron chi connectivity index (χ0n) is 11.6. The van der Waals surface area contributed by atoms with E-state index in [9.17, 15) is 14.7 Å². The summed E-state index contributed by atoms with van der Waals surface area (Å²) in [5.74, 6) is -1.03. The molecule has 0 aromatic rings. The van der Waals surface area contributed by atoms with Gasteiger partial charge in [0, 0.05) is 20.1 Å². The van der Waals surface area contributed by atoms with Crippen molar-refractivity contribution in [2.75, 3.05) is 20.1 Å². The smallest absolute Gasteiger partial charge is 0.317 e. The molecule has 110 valence electrons. The minimum absolute atomic E-state index is 0.166. The number of aliphatic hydroxyl groups is 1. The predicted octanol–water partition coefficient (Wildman–Crippen LogP) is 0.900. The first kappa shape index (κ1) is 15.8. The Morgan fingerprint density at radius 1 is 1.42 bits per heavy atom. The molecule has 1 aliphatic rings. The Kier molecular flexibility index (Phi) is 6.08. The van der Waals surface area contributed by atoms with E-state index in [1.54, 1.807) is 11.9 Å². The lowest BCUT2D eigenvalue weighted by atomic mass is 9.82. The van der Waals surface area contributed by atoms with Gasteiger partial charge in [-0.15, -0.1) is 0 Å². The number of carboxylic acids is 1. The lowest BCUT2D eigenvalue weighted by molar-refractivity contribution is -0.141. The number of carbonyl (C=O) groups is 2. The molecule has 1 aliphatic carbocycles. The first-order chi connectivity index (χ1) is 8.93. The fraction of sp³-hybridized carbons (Fsp3) is 0.846. The van der Waals surface area contributed by atoms with E-state index in [-0.39, 0.29) is 18.7 Å². The third-order valence-corrected chi connectivity index (χ3v) is 3.58. The van der Waals surface area contributed by atoms with Crippen molar-refractivity contribution in [2.45, 2.75) is 38.7 Å². The molecule has 1 rings (SSSR count). The first-order valence-electron chi connectivity index (χ1n) is 6.83. The van der Waals surface area contributed by atoms with Gasteiger partial charge in [-0.25, -0.2) is 4.79 Å². The molecule has 0 heterocycles. The van der Waals surface area contributed by atoms with E-state index in [0.717, 1.165) is 19.3 Å². The summed E-state index contributed by atoms with van der Waals surface area (Å²) >= 11 is 0. The molecule has 2 amide bonds. The molecule has 19 heavy (non-hydrogen) atoms. The van der Waals surface area contributed by atoms with Crippen molar-refractivity contribution in [3.05, 3.63) is 0 Å². The van der Waals surface area contributed by atoms with Crippen molar-refractivity contribution in [2.24, 2.45) is 11.8 Å². The molecule has 0 aliphatic heterocycles. The number of hydrogen-bond acceptors (Lipinski definition) is 3. The number of urea groups is 1. The van der Waals surface area contributed by atoms with Crippen LogP contribution in [0.25, 0.3) is 0 Å². The maximum atomic E-state index is 11.8. The number of carbonyl (C=O) groups excluding carboxylic acids is 1. The molecule has 0 aromatic heterocycles. The first-order valence-corrected chi connectivity index (χ1v) is 6.83. The maximum absolute atomic E-state index is 11.8. The molecular weight excluding hydrogens is 248 g/mol. The van der Waals surface area contributed by atoms with E-state index in [0.29, 0.717) is 18.9 Å². The lowest BCUT2D eigenvalue weighted by Gasteiger charge is -2.34. The largest absolute Gasteiger partial charge is 0.481 e. The fourth-order valence-corrected chi connectivity index (χ4v) is 2.33. The average Bonchev–Trinajstić information content (AvgIpc) is 2.31. The van der Waals surface area contributed by atoms with Crippen LogP contribution < -0.4 is 5.32 Å². The number of amides is 2. The van der Waals surface area contributed by atoms with Crippen molar-refractivity contribution in [1.29, 1.82) is 0 Å². The van der Waals surface area contributed by atoms with Gasteiger partial charge in [0.25, 0.3) is 0 Å². The monoisotopic (exact) mass is 272 g/mol. The van der Waals surface area contributed by atoms with E-state index in [4.69, 9.17) is 5.11 Å². The van der Waals surface area contributed by atoms with Gasteiger partial charge < -0.3 is 20.4 Å². The van der Waals surface area contributed by atoms with Crippen LogP contribution in [-0.2, 0) is 4.79 Å². The van der Waals surface area contributed by atoms with E-state index in [2.05, 4.69) is 5.32 Å². The molecular formula is C13H24N2O4. The fourth-order valence-electron chi connectivity index (χ4n) is 2.33. The number of aliphatic hydroxyl groups excluding tert-OH is 1. The van der Waals surface area contributed by atoms with Crippen molar-refractivity contribution in [1.82, 2.24) is 10.2 Å². The van der Waals surface area contributed by atoms with Crippen molar-refractivity contribution in [3.63, 3.8) is 0 Å². The van der Waals surface area contributed by atoms with Gasteiger partial charge in [-0.3, -0.25) is 4.79 Å². The minimum atomic E-state index is -0.869. The zero-order valence-corrected chi connectivity index (χ0v) is 11.6. The Labute approximate surface area is 113 Å². The molecule has 0 spiro atoms. The summed E-state index contributed by atoms with van der Waals surface area (Å²) in [7, 11) is 1.69. The molecule has 0 aromatic carbocycles. The normalized spacial score (nSPS) is 23.3. The summed E-state index contributed by atoms with van der Waals surface area (Å²) in [5, 5.41) is 20.8. The van der Waals surface area contributed by atoms with Crippen molar-refractivity contribution in [3.8, 4) is 0 Å². The van der Waals surface area contributed by atoms with Crippen LogP contribution in [-0.4, -0.2) is 53.4 Å². The van der Waals surface area contributed by atoms with Crippen LogP contribution in [0.5, 0.6) is 0 Å². The average molecular weight is 272 g/mol. The number of nitrogens with zero attached hydrogens (tertiary/aromatic N) is 1. The van der Waals surface area contributed by atoms with Gasteiger partial charge in [0.15, 0.2) is 0 Å². The Balaban J connectivity index is 2.26. The number of carboxylic acid groups (broad SMARTS) is 1. The molecule has 1 fully saturated rings. The highest BCUT2D eigenvalue weighted by Crippen LogP contribution is 2.27. The van der Waals surface area contributed by atoms with Crippen LogP contribution in [0.3, 0.4) is 0 Å². The summed E-state index contributed by atoms with van der Waals surface area (Å²) in [6.45, 7) is 2.69. The van der Waals surface area contributed by atoms with Gasteiger partial charge in [0.1, 0.15) is 0 Å². The van der Waals surface area contributed by atoms with Crippen LogP contribution in [0.4, 0.5) is 4.79 Å². The highest BCUT2D eigenvalue weighted by atomic mass is 16.4. The topological polar surface area (TPSA) is 89.9 Å². The number of aliphatic carboxylic acids is 1. The summed E-state index contributed by atoms with van der Waals surface area (Å²) in [5.41, 5.74) is 0. The third kappa shape index (κ3) is 5.06. The quantitative estimate of drug-likeness (QED) is 0.642. The Hall–Kier alpha value is -1.30. The highest BCUT2D eigenvalue weighted by Gasteiger charge is 2.29. The second kappa shape index (κ2) is 7.33. The minimum Gasteiger partial charge on any atom is -0.481 e. The van der Waals surface area contributed by atoms with Crippen LogP contribution in [0.15, 0.2) is 0 Å². The molecule has 6 heteroatoms. The maximum Gasteiger partial charge on any atom is 0.317 e. The highest BCUT2D eigenvalue weighted by molar-refractivity contribution is 5.75. The van der Waals surface area contributed by atoms with Crippen molar-refractivity contribution >= 4 is 12.0 Å². The van der Waals surface area contributed by atoms with Crippen LogP contribution in [0.1, 0.15) is 32.6 Å². The standard InChI is InChI=1S/C13H24N2O4/c1-3-4-10(12(17)18)7-14-13(19)15(2)8-9-5-11(16)6-9/h9-11,16H,3-8H2,1-2H3,(H,14,19)(H,17,18). The van der Waals surface area contributed by atoms with Gasteiger partial charge >= 0.3 is 12.0 Å². The summed E-state index contributed by atoms with van der Waals surface area (Å²) in [6, 6.07) is -0.247. The van der Waals surface area contributed by atoms with Crippen LogP contribution in [0, 0.1) is 11.8 Å². The summed E-state index contributed by atoms with van der Waals surface area (Å²) in [4.78, 5) is 24.3. The van der Waals surface area contributed by atoms with Gasteiger partial charge in [-0.2, -0.15) is 0 Å². The molecule has 1 unspecified atom stereocenters. The molecule has 1 saturated carbocycles. The number of nitrogens with one attached hydrogen (secondary N) is 1. The van der Waals surface area contributed by atoms with Gasteiger partial charge in [0.2, 0.25) is 0 Å². The molecule has 0 radical (unpaired) electrons. The van der Waals surface area contributed by atoms with Crippen LogP contribution in [0.2, 0.25) is 0 Å². The van der Waals surface area contributed by atoms with Gasteiger partial charge in [0.05, 0.1) is 12.0 Å². The second-order valence-electron chi connectivity index (χ2n) is 5.38. The lowest BCUT2D eigenvalue weighted by Crippen LogP contribution is -2.45. The Morgan fingerprint density at radius 2 is 2.05 bits per heavy atom. The zero-order chi connectivity index (χ0) is 14.4. The molecule has 6 nitrogen and oxygen atoms in total. The summed E-state index contributed by atoms with van der Waals surface area (Å²) < 4.78 is 0. The van der Waals surface area contributed by atoms with Crippen molar-refractivity contribution < 1.29 is 19.8 Å². The molecule has 1 atom stereocenters. The number of rotatable bonds is 7.